The maximum absolute atomic E-state index is 5.89. The molecule has 2 unspecified atom stereocenters. The molecule has 0 aliphatic carbocycles. The normalized spacial score (nSPS) is 26.0. The molecule has 1 aromatic rings. The summed E-state index contributed by atoms with van der Waals surface area (Å²) in [5.41, 5.74) is 0.317. The first-order valence-electron chi connectivity index (χ1n) is 7.96. The van der Waals surface area contributed by atoms with Crippen LogP contribution in [0.1, 0.15) is 40.5 Å². The molecule has 0 amide bonds. The molecule has 3 heteroatoms. The maximum Gasteiger partial charge on any atom is 0.119 e. The zero-order chi connectivity index (χ0) is 15.3. The van der Waals surface area contributed by atoms with Gasteiger partial charge < -0.3 is 14.8 Å². The summed E-state index contributed by atoms with van der Waals surface area (Å²) >= 11 is 0. The Labute approximate surface area is 129 Å². The topological polar surface area (TPSA) is 30.5 Å². The van der Waals surface area contributed by atoms with E-state index in [4.69, 9.17) is 9.47 Å². The molecule has 2 atom stereocenters. The number of benzene rings is 1. The first kappa shape index (κ1) is 16.3. The van der Waals surface area contributed by atoms with Crippen molar-refractivity contribution < 1.29 is 9.47 Å². The van der Waals surface area contributed by atoms with Crippen LogP contribution in [0.25, 0.3) is 0 Å². The van der Waals surface area contributed by atoms with Gasteiger partial charge in [-0.1, -0.05) is 18.2 Å². The van der Waals surface area contributed by atoms with E-state index in [1.807, 2.05) is 30.3 Å². The van der Waals surface area contributed by atoms with Crippen LogP contribution in [0.4, 0.5) is 0 Å². The monoisotopic (exact) mass is 291 g/mol. The van der Waals surface area contributed by atoms with Crippen LogP contribution in [0, 0.1) is 5.41 Å². The first-order chi connectivity index (χ1) is 9.91. The highest BCUT2D eigenvalue weighted by Gasteiger charge is 2.41. The van der Waals surface area contributed by atoms with Crippen molar-refractivity contribution in [2.24, 2.45) is 5.41 Å². The minimum Gasteiger partial charge on any atom is -0.494 e. The second kappa shape index (κ2) is 6.80. The molecule has 0 saturated carbocycles. The van der Waals surface area contributed by atoms with E-state index in [0.717, 1.165) is 38.3 Å². The van der Waals surface area contributed by atoms with Gasteiger partial charge in [0, 0.05) is 24.1 Å². The molecule has 0 aromatic heterocycles. The summed E-state index contributed by atoms with van der Waals surface area (Å²) < 4.78 is 11.7. The molecule has 21 heavy (non-hydrogen) atoms. The standard InChI is InChI=1S/C18H29NO2/c1-15-18(10-12-20-15,14-19-17(2,3)4)11-13-21-16-8-6-5-7-9-16/h5-9,15,19H,10-14H2,1-4H3. The lowest BCUT2D eigenvalue weighted by Crippen LogP contribution is -2.47. The third kappa shape index (κ3) is 4.72. The maximum atomic E-state index is 5.89. The highest BCUT2D eigenvalue weighted by Crippen LogP contribution is 2.38. The van der Waals surface area contributed by atoms with E-state index in [1.165, 1.54) is 0 Å². The average Bonchev–Trinajstić information content (AvgIpc) is 2.79. The van der Waals surface area contributed by atoms with E-state index in [2.05, 4.69) is 33.0 Å². The largest absolute Gasteiger partial charge is 0.494 e. The fourth-order valence-electron chi connectivity index (χ4n) is 2.80. The molecule has 118 valence electrons. The second-order valence-corrected chi connectivity index (χ2v) is 7.14. The van der Waals surface area contributed by atoms with Crippen LogP contribution in [-0.2, 0) is 4.74 Å². The molecule has 1 aliphatic rings. The van der Waals surface area contributed by atoms with Crippen molar-refractivity contribution in [1.82, 2.24) is 5.32 Å². The first-order valence-corrected chi connectivity index (χ1v) is 7.96. The van der Waals surface area contributed by atoms with E-state index in [9.17, 15) is 0 Å². The summed E-state index contributed by atoms with van der Waals surface area (Å²) in [6.45, 7) is 11.4. The number of rotatable bonds is 6. The number of hydrogen-bond donors (Lipinski definition) is 1. The third-order valence-corrected chi connectivity index (χ3v) is 4.41. The van der Waals surface area contributed by atoms with Crippen molar-refractivity contribution in [3.63, 3.8) is 0 Å². The molecule has 1 N–H and O–H groups in total. The molecular weight excluding hydrogens is 262 g/mol. The van der Waals surface area contributed by atoms with Gasteiger partial charge in [-0.3, -0.25) is 0 Å². The number of hydrogen-bond acceptors (Lipinski definition) is 3. The SMILES string of the molecule is CC1OCCC1(CCOc1ccccc1)CNC(C)(C)C. The van der Waals surface area contributed by atoms with Crippen molar-refractivity contribution in [3.8, 4) is 5.75 Å². The average molecular weight is 291 g/mol. The molecule has 1 heterocycles. The third-order valence-electron chi connectivity index (χ3n) is 4.41. The van der Waals surface area contributed by atoms with Gasteiger partial charge >= 0.3 is 0 Å². The molecule has 0 radical (unpaired) electrons. The van der Waals surface area contributed by atoms with Gasteiger partial charge in [-0.2, -0.15) is 0 Å². The van der Waals surface area contributed by atoms with Crippen molar-refractivity contribution >= 4 is 0 Å². The molecule has 3 nitrogen and oxygen atoms in total. The fourth-order valence-corrected chi connectivity index (χ4v) is 2.80. The fraction of sp³-hybridized carbons (Fsp3) is 0.667. The van der Waals surface area contributed by atoms with Gasteiger partial charge in [0.05, 0.1) is 12.7 Å². The van der Waals surface area contributed by atoms with Crippen LogP contribution in [-0.4, -0.2) is 31.4 Å². The summed E-state index contributed by atoms with van der Waals surface area (Å²) in [7, 11) is 0. The molecule has 2 rings (SSSR count). The van der Waals surface area contributed by atoms with Crippen LogP contribution >= 0.6 is 0 Å². The van der Waals surface area contributed by atoms with Crippen LogP contribution in [0.3, 0.4) is 0 Å². The van der Waals surface area contributed by atoms with E-state index in [0.29, 0.717) is 0 Å². The number of nitrogens with one attached hydrogen (secondary N) is 1. The van der Waals surface area contributed by atoms with E-state index in [1.54, 1.807) is 0 Å². The smallest absolute Gasteiger partial charge is 0.119 e. The summed E-state index contributed by atoms with van der Waals surface area (Å²) in [5, 5.41) is 3.65. The van der Waals surface area contributed by atoms with E-state index < -0.39 is 0 Å². The van der Waals surface area contributed by atoms with Gasteiger partial charge in [0.15, 0.2) is 0 Å². The van der Waals surface area contributed by atoms with Crippen molar-refractivity contribution in [1.29, 1.82) is 0 Å². The summed E-state index contributed by atoms with van der Waals surface area (Å²) in [5.74, 6) is 0.947. The van der Waals surface area contributed by atoms with Crippen LogP contribution < -0.4 is 10.1 Å². The predicted octanol–water partition coefficient (Wildman–Crippen LogP) is 3.64. The lowest BCUT2D eigenvalue weighted by atomic mass is 9.78. The summed E-state index contributed by atoms with van der Waals surface area (Å²) in [6.07, 6.45) is 2.41. The molecule has 1 fully saturated rings. The van der Waals surface area contributed by atoms with Gasteiger partial charge in [0.2, 0.25) is 0 Å². The van der Waals surface area contributed by atoms with E-state index in [-0.39, 0.29) is 17.1 Å². The highest BCUT2D eigenvalue weighted by molar-refractivity contribution is 5.20. The Morgan fingerprint density at radius 3 is 2.57 bits per heavy atom. The molecule has 0 spiro atoms. The van der Waals surface area contributed by atoms with Crippen molar-refractivity contribution in [2.45, 2.75) is 52.2 Å². The quantitative estimate of drug-likeness (QED) is 0.868. The predicted molar refractivity (Wildman–Crippen MR) is 86.8 cm³/mol. The Morgan fingerprint density at radius 2 is 2.00 bits per heavy atom. The second-order valence-electron chi connectivity index (χ2n) is 7.14. The lowest BCUT2D eigenvalue weighted by molar-refractivity contribution is 0.0471. The number of para-hydroxylation sites is 1. The highest BCUT2D eigenvalue weighted by atomic mass is 16.5. The zero-order valence-electron chi connectivity index (χ0n) is 13.8. The minimum atomic E-state index is 0.135. The number of ether oxygens (including phenoxy) is 2. The summed E-state index contributed by atoms with van der Waals surface area (Å²) in [4.78, 5) is 0. The molecule has 0 bridgehead atoms. The molecule has 1 saturated heterocycles. The van der Waals surface area contributed by atoms with Gasteiger partial charge in [0.1, 0.15) is 5.75 Å². The Hall–Kier alpha value is -1.06. The van der Waals surface area contributed by atoms with Crippen molar-refractivity contribution in [3.05, 3.63) is 30.3 Å². The van der Waals surface area contributed by atoms with Crippen LogP contribution in [0.5, 0.6) is 5.75 Å². The Morgan fingerprint density at radius 1 is 1.29 bits per heavy atom. The molecule has 1 aliphatic heterocycles. The molecule has 1 aromatic carbocycles. The Balaban J connectivity index is 1.91. The molecular formula is C18H29NO2. The summed E-state index contributed by atoms with van der Waals surface area (Å²) in [6, 6.07) is 10.0. The van der Waals surface area contributed by atoms with Gasteiger partial charge in [0.25, 0.3) is 0 Å². The zero-order valence-corrected chi connectivity index (χ0v) is 13.8. The van der Waals surface area contributed by atoms with Crippen LogP contribution in [0.15, 0.2) is 30.3 Å². The van der Waals surface area contributed by atoms with Crippen molar-refractivity contribution in [2.75, 3.05) is 19.8 Å². The van der Waals surface area contributed by atoms with Gasteiger partial charge in [-0.05, 0) is 52.7 Å². The van der Waals surface area contributed by atoms with Crippen LogP contribution in [0.2, 0.25) is 0 Å². The van der Waals surface area contributed by atoms with Gasteiger partial charge in [-0.25, -0.2) is 0 Å². The Bertz CT molecular complexity index is 427. The lowest BCUT2D eigenvalue weighted by Gasteiger charge is -2.35. The van der Waals surface area contributed by atoms with E-state index >= 15 is 0 Å². The van der Waals surface area contributed by atoms with Gasteiger partial charge in [-0.15, -0.1) is 0 Å². The minimum absolute atomic E-state index is 0.135. The Kier molecular flexibility index (Phi) is 5.28.